The molecule has 124 valence electrons. The number of hydrogen-bond donors (Lipinski definition) is 3. The van der Waals surface area contributed by atoms with Crippen LogP contribution in [0.1, 0.15) is 27.6 Å². The molecule has 0 spiro atoms. The van der Waals surface area contributed by atoms with E-state index in [1.165, 1.54) is 38.3 Å². The summed E-state index contributed by atoms with van der Waals surface area (Å²) in [6.45, 7) is 1.39. The number of rotatable bonds is 5. The zero-order valence-corrected chi connectivity index (χ0v) is 13.1. The van der Waals surface area contributed by atoms with E-state index in [2.05, 4.69) is 10.6 Å². The summed E-state index contributed by atoms with van der Waals surface area (Å²) in [4.78, 5) is 34.5. The lowest BCUT2D eigenvalue weighted by atomic mass is 10.1. The average Bonchev–Trinajstić information content (AvgIpc) is 2.55. The SMILES string of the molecule is COc1ccc(NC(=O)c2ccc(NC(C)=O)cc2)c(C(=O)O)c1. The zero-order chi connectivity index (χ0) is 17.7. The van der Waals surface area contributed by atoms with E-state index in [9.17, 15) is 19.5 Å². The maximum atomic E-state index is 12.3. The molecule has 2 aromatic rings. The number of carbonyl (C=O) groups excluding carboxylic acids is 2. The number of ether oxygens (including phenoxy) is 1. The van der Waals surface area contributed by atoms with Gasteiger partial charge in [0.05, 0.1) is 18.4 Å². The molecule has 2 aromatic carbocycles. The van der Waals surface area contributed by atoms with Crippen LogP contribution in [0.4, 0.5) is 11.4 Å². The highest BCUT2D eigenvalue weighted by molar-refractivity contribution is 6.08. The van der Waals surface area contributed by atoms with Gasteiger partial charge < -0.3 is 20.5 Å². The Morgan fingerprint density at radius 2 is 1.67 bits per heavy atom. The molecule has 0 fully saturated rings. The molecule has 0 atom stereocenters. The van der Waals surface area contributed by atoms with Gasteiger partial charge in [0.2, 0.25) is 5.91 Å². The molecule has 7 heteroatoms. The van der Waals surface area contributed by atoms with Crippen LogP contribution >= 0.6 is 0 Å². The van der Waals surface area contributed by atoms with Gasteiger partial charge in [-0.1, -0.05) is 0 Å². The topological polar surface area (TPSA) is 105 Å². The molecule has 0 saturated carbocycles. The van der Waals surface area contributed by atoms with E-state index in [1.54, 1.807) is 18.2 Å². The molecule has 0 aliphatic rings. The van der Waals surface area contributed by atoms with Crippen molar-refractivity contribution in [1.82, 2.24) is 0 Å². The van der Waals surface area contributed by atoms with Gasteiger partial charge in [-0.15, -0.1) is 0 Å². The predicted octanol–water partition coefficient (Wildman–Crippen LogP) is 2.60. The van der Waals surface area contributed by atoms with Gasteiger partial charge in [0.1, 0.15) is 5.75 Å². The van der Waals surface area contributed by atoms with Gasteiger partial charge in [-0.05, 0) is 42.5 Å². The van der Waals surface area contributed by atoms with Crippen molar-refractivity contribution >= 4 is 29.2 Å². The summed E-state index contributed by atoms with van der Waals surface area (Å²) in [6, 6.07) is 10.6. The van der Waals surface area contributed by atoms with Crippen molar-refractivity contribution in [3.8, 4) is 5.75 Å². The monoisotopic (exact) mass is 328 g/mol. The quantitative estimate of drug-likeness (QED) is 0.782. The molecular weight excluding hydrogens is 312 g/mol. The van der Waals surface area contributed by atoms with Gasteiger partial charge >= 0.3 is 5.97 Å². The third-order valence-electron chi connectivity index (χ3n) is 3.17. The highest BCUT2D eigenvalue weighted by Crippen LogP contribution is 2.23. The Kier molecular flexibility index (Phi) is 5.16. The molecule has 0 radical (unpaired) electrons. The highest BCUT2D eigenvalue weighted by atomic mass is 16.5. The van der Waals surface area contributed by atoms with E-state index in [0.717, 1.165) is 0 Å². The Labute approximate surface area is 138 Å². The number of methoxy groups -OCH3 is 1. The fourth-order valence-corrected chi connectivity index (χ4v) is 2.04. The van der Waals surface area contributed by atoms with Crippen LogP contribution in [0.3, 0.4) is 0 Å². The lowest BCUT2D eigenvalue weighted by Crippen LogP contribution is -2.15. The van der Waals surface area contributed by atoms with Gasteiger partial charge in [0.25, 0.3) is 5.91 Å². The van der Waals surface area contributed by atoms with Crippen molar-refractivity contribution in [2.75, 3.05) is 17.7 Å². The van der Waals surface area contributed by atoms with Crippen molar-refractivity contribution in [1.29, 1.82) is 0 Å². The lowest BCUT2D eigenvalue weighted by molar-refractivity contribution is -0.114. The van der Waals surface area contributed by atoms with Crippen LogP contribution in [0.15, 0.2) is 42.5 Å². The second kappa shape index (κ2) is 7.28. The van der Waals surface area contributed by atoms with Crippen molar-refractivity contribution in [3.63, 3.8) is 0 Å². The maximum Gasteiger partial charge on any atom is 0.337 e. The zero-order valence-electron chi connectivity index (χ0n) is 13.1. The molecule has 24 heavy (non-hydrogen) atoms. The minimum atomic E-state index is -1.18. The number of nitrogens with one attached hydrogen (secondary N) is 2. The van der Waals surface area contributed by atoms with Crippen molar-refractivity contribution < 1.29 is 24.2 Å². The summed E-state index contributed by atoms with van der Waals surface area (Å²) in [5.74, 6) is -1.47. The van der Waals surface area contributed by atoms with E-state index < -0.39 is 11.9 Å². The predicted molar refractivity (Wildman–Crippen MR) is 88.7 cm³/mol. The van der Waals surface area contributed by atoms with Gasteiger partial charge in [0.15, 0.2) is 0 Å². The summed E-state index contributed by atoms with van der Waals surface area (Å²) in [6.07, 6.45) is 0. The summed E-state index contributed by atoms with van der Waals surface area (Å²) in [5.41, 5.74) is 0.989. The van der Waals surface area contributed by atoms with Gasteiger partial charge in [-0.2, -0.15) is 0 Å². The fourth-order valence-electron chi connectivity index (χ4n) is 2.04. The standard InChI is InChI=1S/C17H16N2O5/c1-10(20)18-12-5-3-11(4-6-12)16(21)19-15-8-7-13(24-2)9-14(15)17(22)23/h3-9H,1-2H3,(H,18,20)(H,19,21)(H,22,23). The molecular formula is C17H16N2O5. The van der Waals surface area contributed by atoms with E-state index >= 15 is 0 Å². The summed E-state index contributed by atoms with van der Waals surface area (Å²) < 4.78 is 4.98. The summed E-state index contributed by atoms with van der Waals surface area (Å²) >= 11 is 0. The minimum absolute atomic E-state index is 0.0717. The van der Waals surface area contributed by atoms with Crippen LogP contribution < -0.4 is 15.4 Å². The average molecular weight is 328 g/mol. The molecule has 0 aromatic heterocycles. The number of anilines is 2. The van der Waals surface area contributed by atoms with Crippen LogP contribution in [0, 0.1) is 0 Å². The number of carboxylic acid groups (broad SMARTS) is 1. The van der Waals surface area contributed by atoms with Crippen LogP contribution in [-0.4, -0.2) is 30.0 Å². The largest absolute Gasteiger partial charge is 0.497 e. The van der Waals surface area contributed by atoms with Gasteiger partial charge in [-0.3, -0.25) is 9.59 Å². The Balaban J connectivity index is 2.20. The van der Waals surface area contributed by atoms with E-state index in [1.807, 2.05) is 0 Å². The van der Waals surface area contributed by atoms with Crippen LogP contribution in [0.2, 0.25) is 0 Å². The number of hydrogen-bond acceptors (Lipinski definition) is 4. The van der Waals surface area contributed by atoms with E-state index in [-0.39, 0.29) is 17.2 Å². The Morgan fingerprint density at radius 3 is 2.21 bits per heavy atom. The lowest BCUT2D eigenvalue weighted by Gasteiger charge is -2.10. The Morgan fingerprint density at radius 1 is 1.00 bits per heavy atom. The number of benzene rings is 2. The minimum Gasteiger partial charge on any atom is -0.497 e. The molecule has 0 aliphatic carbocycles. The second-order valence-electron chi connectivity index (χ2n) is 4.93. The first-order valence-corrected chi connectivity index (χ1v) is 7.01. The molecule has 7 nitrogen and oxygen atoms in total. The molecule has 0 aliphatic heterocycles. The molecule has 0 heterocycles. The smallest absolute Gasteiger partial charge is 0.337 e. The first-order valence-electron chi connectivity index (χ1n) is 7.01. The highest BCUT2D eigenvalue weighted by Gasteiger charge is 2.15. The molecule has 3 N–H and O–H groups in total. The van der Waals surface area contributed by atoms with Crippen molar-refractivity contribution in [2.24, 2.45) is 0 Å². The van der Waals surface area contributed by atoms with Crippen LogP contribution in [0.25, 0.3) is 0 Å². The molecule has 2 amide bonds. The second-order valence-corrected chi connectivity index (χ2v) is 4.93. The number of aromatic carboxylic acids is 1. The third-order valence-corrected chi connectivity index (χ3v) is 3.17. The van der Waals surface area contributed by atoms with Gasteiger partial charge in [-0.25, -0.2) is 4.79 Å². The maximum absolute atomic E-state index is 12.3. The van der Waals surface area contributed by atoms with Crippen molar-refractivity contribution in [3.05, 3.63) is 53.6 Å². The van der Waals surface area contributed by atoms with E-state index in [4.69, 9.17) is 4.74 Å². The summed E-state index contributed by atoms with van der Waals surface area (Å²) in [5, 5.41) is 14.4. The van der Waals surface area contributed by atoms with Crippen molar-refractivity contribution in [2.45, 2.75) is 6.92 Å². The number of carboxylic acids is 1. The fraction of sp³-hybridized carbons (Fsp3) is 0.118. The van der Waals surface area contributed by atoms with Crippen LogP contribution in [0.5, 0.6) is 5.75 Å². The first-order chi connectivity index (χ1) is 11.4. The molecule has 0 saturated heterocycles. The third kappa shape index (κ3) is 4.10. The normalized spacial score (nSPS) is 9.92. The van der Waals surface area contributed by atoms with Gasteiger partial charge in [0, 0.05) is 18.2 Å². The molecule has 0 bridgehead atoms. The molecule has 0 unspecified atom stereocenters. The summed E-state index contributed by atoms with van der Waals surface area (Å²) in [7, 11) is 1.43. The Bertz CT molecular complexity index is 784. The van der Waals surface area contributed by atoms with Crippen LogP contribution in [-0.2, 0) is 4.79 Å². The number of carbonyl (C=O) groups is 3. The van der Waals surface area contributed by atoms with E-state index in [0.29, 0.717) is 17.0 Å². The first kappa shape index (κ1) is 17.0. The number of amides is 2. The Hall–Kier alpha value is -3.35. The molecule has 2 rings (SSSR count).